The molecule has 2 aromatic rings. The lowest BCUT2D eigenvalue weighted by molar-refractivity contribution is 0.0922. The van der Waals surface area contributed by atoms with Crippen LogP contribution in [0.2, 0.25) is 0 Å². The number of hydrogen-bond donors (Lipinski definition) is 1. The van der Waals surface area contributed by atoms with Crippen LogP contribution in [-0.2, 0) is 6.61 Å². The minimum absolute atomic E-state index is 0.166. The maximum absolute atomic E-state index is 12.2. The number of rotatable bonds is 7. The Morgan fingerprint density at radius 1 is 1.23 bits per heavy atom. The SMILES string of the molecule is N#Cc1ccccc1OCc1ccc(C(=O)NCCC2=CCCCC2)o1. The van der Waals surface area contributed by atoms with E-state index < -0.39 is 0 Å². The fourth-order valence-corrected chi connectivity index (χ4v) is 2.97. The van der Waals surface area contributed by atoms with E-state index in [1.165, 1.54) is 18.4 Å². The number of para-hydroxylation sites is 1. The number of hydrogen-bond acceptors (Lipinski definition) is 4. The van der Waals surface area contributed by atoms with Gasteiger partial charge in [-0.3, -0.25) is 4.79 Å². The zero-order valence-corrected chi connectivity index (χ0v) is 14.7. The normalized spacial score (nSPS) is 13.6. The highest BCUT2D eigenvalue weighted by Gasteiger charge is 2.12. The summed E-state index contributed by atoms with van der Waals surface area (Å²) in [5.41, 5.74) is 1.90. The second kappa shape index (κ2) is 8.91. The van der Waals surface area contributed by atoms with Crippen LogP contribution in [-0.4, -0.2) is 12.5 Å². The van der Waals surface area contributed by atoms with E-state index in [0.717, 1.165) is 19.3 Å². The molecule has 1 aromatic heterocycles. The number of carbonyl (C=O) groups is 1. The smallest absolute Gasteiger partial charge is 0.287 e. The van der Waals surface area contributed by atoms with Crippen molar-refractivity contribution >= 4 is 5.91 Å². The summed E-state index contributed by atoms with van der Waals surface area (Å²) in [6.45, 7) is 0.783. The zero-order chi connectivity index (χ0) is 18.2. The summed E-state index contributed by atoms with van der Waals surface area (Å²) < 4.78 is 11.2. The van der Waals surface area contributed by atoms with E-state index >= 15 is 0 Å². The van der Waals surface area contributed by atoms with Gasteiger partial charge in [-0.25, -0.2) is 0 Å². The summed E-state index contributed by atoms with van der Waals surface area (Å²) in [5.74, 6) is 1.09. The number of nitrogens with zero attached hydrogens (tertiary/aromatic N) is 1. The Morgan fingerprint density at radius 3 is 2.92 bits per heavy atom. The van der Waals surface area contributed by atoms with Gasteiger partial charge in [0.25, 0.3) is 5.91 Å². The quantitative estimate of drug-likeness (QED) is 0.753. The Balaban J connectivity index is 1.48. The van der Waals surface area contributed by atoms with Crippen LogP contribution in [0.3, 0.4) is 0 Å². The van der Waals surface area contributed by atoms with E-state index in [1.807, 2.05) is 0 Å². The van der Waals surface area contributed by atoms with Gasteiger partial charge < -0.3 is 14.5 Å². The van der Waals surface area contributed by atoms with Crippen molar-refractivity contribution in [3.63, 3.8) is 0 Å². The van der Waals surface area contributed by atoms with Crippen molar-refractivity contribution in [3.05, 3.63) is 65.1 Å². The number of nitriles is 1. The highest BCUT2D eigenvalue weighted by Crippen LogP contribution is 2.20. The average Bonchev–Trinajstić information content (AvgIpc) is 3.16. The van der Waals surface area contributed by atoms with Gasteiger partial charge in [0.15, 0.2) is 5.76 Å². The summed E-state index contributed by atoms with van der Waals surface area (Å²) in [4.78, 5) is 12.2. The van der Waals surface area contributed by atoms with Crippen LogP contribution in [0.1, 0.15) is 54.0 Å². The fourth-order valence-electron chi connectivity index (χ4n) is 2.97. The molecule has 5 heteroatoms. The molecule has 0 radical (unpaired) electrons. The molecule has 1 N–H and O–H groups in total. The molecule has 3 rings (SSSR count). The molecule has 0 saturated carbocycles. The van der Waals surface area contributed by atoms with Crippen LogP contribution in [0, 0.1) is 11.3 Å². The maximum Gasteiger partial charge on any atom is 0.287 e. The minimum Gasteiger partial charge on any atom is -0.484 e. The van der Waals surface area contributed by atoms with Gasteiger partial charge in [0.05, 0.1) is 5.56 Å². The first kappa shape index (κ1) is 17.8. The summed E-state index contributed by atoms with van der Waals surface area (Å²) in [7, 11) is 0. The lowest BCUT2D eigenvalue weighted by Gasteiger charge is -2.12. The van der Waals surface area contributed by atoms with Crippen LogP contribution >= 0.6 is 0 Å². The molecule has 1 aliphatic carbocycles. The summed E-state index contributed by atoms with van der Waals surface area (Å²) in [5, 5.41) is 12.0. The molecule has 1 aliphatic rings. The number of allylic oxidation sites excluding steroid dienone is 1. The van der Waals surface area contributed by atoms with E-state index in [4.69, 9.17) is 14.4 Å². The van der Waals surface area contributed by atoms with Gasteiger partial charge in [-0.05, 0) is 56.4 Å². The molecule has 0 saturated heterocycles. The van der Waals surface area contributed by atoms with Crippen LogP contribution in [0.4, 0.5) is 0 Å². The highest BCUT2D eigenvalue weighted by molar-refractivity contribution is 5.91. The monoisotopic (exact) mass is 350 g/mol. The number of carbonyl (C=O) groups excluding carboxylic acids is 1. The lowest BCUT2D eigenvalue weighted by atomic mass is 9.97. The molecule has 1 aromatic carbocycles. The number of benzene rings is 1. The van der Waals surface area contributed by atoms with Crippen molar-refractivity contribution in [2.45, 2.75) is 38.7 Å². The lowest BCUT2D eigenvalue weighted by Crippen LogP contribution is -2.24. The third-order valence-corrected chi connectivity index (χ3v) is 4.38. The molecule has 0 fully saturated rings. The van der Waals surface area contributed by atoms with Crippen molar-refractivity contribution in [1.29, 1.82) is 5.26 Å². The van der Waals surface area contributed by atoms with E-state index in [-0.39, 0.29) is 18.3 Å². The first-order valence-electron chi connectivity index (χ1n) is 8.93. The van der Waals surface area contributed by atoms with Crippen molar-refractivity contribution in [3.8, 4) is 11.8 Å². The van der Waals surface area contributed by atoms with E-state index in [1.54, 1.807) is 36.4 Å². The molecule has 5 nitrogen and oxygen atoms in total. The van der Waals surface area contributed by atoms with Gasteiger partial charge >= 0.3 is 0 Å². The standard InChI is InChI=1S/C21H22N2O3/c22-14-17-8-4-5-9-19(17)25-15-18-10-11-20(26-18)21(24)23-13-12-16-6-2-1-3-7-16/h4-6,8-11H,1-3,7,12-13,15H2,(H,23,24). The largest absolute Gasteiger partial charge is 0.484 e. The van der Waals surface area contributed by atoms with Crippen molar-refractivity contribution in [2.75, 3.05) is 6.54 Å². The predicted molar refractivity (Wildman–Crippen MR) is 97.7 cm³/mol. The second-order valence-corrected chi connectivity index (χ2v) is 6.28. The van der Waals surface area contributed by atoms with Gasteiger partial charge in [0, 0.05) is 6.54 Å². The molecule has 0 spiro atoms. The number of amides is 1. The van der Waals surface area contributed by atoms with Gasteiger partial charge in [-0.15, -0.1) is 0 Å². The molecule has 26 heavy (non-hydrogen) atoms. The molecule has 0 aliphatic heterocycles. The van der Waals surface area contributed by atoms with Crippen molar-refractivity contribution in [2.24, 2.45) is 0 Å². The molecule has 134 valence electrons. The van der Waals surface area contributed by atoms with E-state index in [9.17, 15) is 4.79 Å². The van der Waals surface area contributed by atoms with E-state index in [0.29, 0.717) is 23.6 Å². The van der Waals surface area contributed by atoms with Gasteiger partial charge in [0.2, 0.25) is 0 Å². The minimum atomic E-state index is -0.218. The second-order valence-electron chi connectivity index (χ2n) is 6.28. The fraction of sp³-hybridized carbons (Fsp3) is 0.333. The first-order valence-corrected chi connectivity index (χ1v) is 8.93. The van der Waals surface area contributed by atoms with E-state index in [2.05, 4.69) is 17.5 Å². The zero-order valence-electron chi connectivity index (χ0n) is 14.7. The molecule has 0 atom stereocenters. The Labute approximate surface area is 153 Å². The van der Waals surface area contributed by atoms with Gasteiger partial charge in [-0.1, -0.05) is 23.8 Å². The van der Waals surface area contributed by atoms with Gasteiger partial charge in [0.1, 0.15) is 24.2 Å². The molecule has 0 bridgehead atoms. The summed E-state index contributed by atoms with van der Waals surface area (Å²) >= 11 is 0. The van der Waals surface area contributed by atoms with Crippen LogP contribution < -0.4 is 10.1 Å². The summed E-state index contributed by atoms with van der Waals surface area (Å²) in [6, 6.07) is 12.5. The van der Waals surface area contributed by atoms with Crippen molar-refractivity contribution in [1.82, 2.24) is 5.32 Å². The van der Waals surface area contributed by atoms with Crippen molar-refractivity contribution < 1.29 is 13.9 Å². The van der Waals surface area contributed by atoms with Crippen LogP contribution in [0.15, 0.2) is 52.5 Å². The predicted octanol–water partition coefficient (Wildman–Crippen LogP) is 4.35. The van der Waals surface area contributed by atoms with Gasteiger partial charge in [-0.2, -0.15) is 5.26 Å². The first-order chi connectivity index (χ1) is 12.8. The maximum atomic E-state index is 12.2. The van der Waals surface area contributed by atoms with Crippen LogP contribution in [0.25, 0.3) is 0 Å². The molecule has 1 heterocycles. The molecular formula is C21H22N2O3. The average molecular weight is 350 g/mol. The number of ether oxygens (including phenoxy) is 1. The number of nitrogens with one attached hydrogen (secondary N) is 1. The Kier molecular flexibility index (Phi) is 6.10. The third kappa shape index (κ3) is 4.76. The third-order valence-electron chi connectivity index (χ3n) is 4.38. The Bertz CT molecular complexity index is 830. The Hall–Kier alpha value is -3.00. The topological polar surface area (TPSA) is 75.3 Å². The molecular weight excluding hydrogens is 328 g/mol. The number of furan rings is 1. The highest BCUT2D eigenvalue weighted by atomic mass is 16.5. The Morgan fingerprint density at radius 2 is 2.12 bits per heavy atom. The van der Waals surface area contributed by atoms with Crippen LogP contribution in [0.5, 0.6) is 5.75 Å². The summed E-state index contributed by atoms with van der Waals surface area (Å²) in [6.07, 6.45) is 7.99. The molecule has 1 amide bonds. The molecule has 0 unspecified atom stereocenters.